The van der Waals surface area contributed by atoms with E-state index in [4.69, 9.17) is 27.2 Å². The summed E-state index contributed by atoms with van der Waals surface area (Å²) in [6.07, 6.45) is 13.4. The first kappa shape index (κ1) is 66.3. The van der Waals surface area contributed by atoms with Crippen molar-refractivity contribution >= 4 is 108 Å². The molecule has 6 aliphatic rings. The lowest BCUT2D eigenvalue weighted by atomic mass is 9.92. The average Bonchev–Trinajstić information content (AvgIpc) is 1.60. The highest BCUT2D eigenvalue weighted by molar-refractivity contribution is 7.80. The molecule has 0 radical (unpaired) electrons. The fourth-order valence-electron chi connectivity index (χ4n) is 14.7. The molecule has 0 amide bonds. The summed E-state index contributed by atoms with van der Waals surface area (Å²) in [5.41, 5.74) is 10.7. The average molecular weight is 1320 g/mol. The second kappa shape index (κ2) is 27.0. The van der Waals surface area contributed by atoms with Gasteiger partial charge in [-0.15, -0.1) is 0 Å². The lowest BCUT2D eigenvalue weighted by Gasteiger charge is -2.39. The van der Waals surface area contributed by atoms with Crippen LogP contribution in [0.3, 0.4) is 0 Å². The lowest BCUT2D eigenvalue weighted by Crippen LogP contribution is -2.48. The number of likely N-dealkylation sites (N-methyl/N-ethyl adjacent to an activating group) is 1. The third-order valence-corrected chi connectivity index (χ3v) is 20.5. The molecule has 9 aromatic rings. The van der Waals surface area contributed by atoms with Gasteiger partial charge >= 0.3 is 0 Å². The Bertz CT molecular complexity index is 4130. The lowest BCUT2D eigenvalue weighted by molar-refractivity contribution is 0.165. The number of anilines is 9. The van der Waals surface area contributed by atoms with Crippen molar-refractivity contribution in [1.29, 1.82) is 0 Å². The fourth-order valence-corrected chi connectivity index (χ4v) is 14.9. The zero-order valence-electron chi connectivity index (χ0n) is 58.8. The van der Waals surface area contributed by atoms with E-state index in [1.807, 2.05) is 55.4 Å². The van der Waals surface area contributed by atoms with Crippen LogP contribution in [0, 0.1) is 0 Å². The number of thiocarbonyl (C=S) groups is 1. The maximum Gasteiger partial charge on any atom is 0.230 e. The van der Waals surface area contributed by atoms with E-state index in [2.05, 4.69) is 232 Å². The third kappa shape index (κ3) is 14.0. The maximum absolute atomic E-state index is 5.63. The Labute approximate surface area is 570 Å². The molecule has 3 fully saturated rings. The number of nitrogens with zero attached hydrogens (tertiary/aromatic N) is 20. The van der Waals surface area contributed by atoms with Crippen LogP contribution in [-0.2, 0) is 23.2 Å². The molecule has 0 aromatic carbocycles. The number of fused-ring (bicyclic) bond motifs is 9. The minimum absolute atomic E-state index is 0.0187. The molecule has 9 aromatic heterocycles. The summed E-state index contributed by atoms with van der Waals surface area (Å²) in [4.78, 5) is 64.8. The van der Waals surface area contributed by atoms with Crippen molar-refractivity contribution in [2.75, 3.05) is 129 Å². The highest BCUT2D eigenvalue weighted by Crippen LogP contribution is 2.38. The molecule has 0 saturated carbocycles. The Morgan fingerprint density at radius 2 is 0.833 bits per heavy atom. The molecule has 0 unspecified atom stereocenters. The highest BCUT2D eigenvalue weighted by atomic mass is 32.1. The molecule has 0 atom stereocenters. The summed E-state index contributed by atoms with van der Waals surface area (Å²) < 4.78 is 6.92. The SMILES string of the molecule is CC(C)N1CCN(c2ccc(Nc3ncc4cc5n(c4n3)C(C)(C)CCC5=S)nc2)CC1.CC(C)N1CCN(c2ccc(Nc3ncc4cc5n(c4n3)C(C)(C)CN(C)C5)nc2)CC1.CC1=NCC(C)(C)n2c1cc1cnc(Nc3ccc(N4CCN(C(C)C)CC4)cn3)nc12. The number of hydrogen-bond donors (Lipinski definition) is 3. The van der Waals surface area contributed by atoms with Crippen molar-refractivity contribution in [1.82, 2.24) is 78.2 Å². The van der Waals surface area contributed by atoms with Gasteiger partial charge in [0.25, 0.3) is 0 Å². The predicted molar refractivity (Wildman–Crippen MR) is 394 cm³/mol. The van der Waals surface area contributed by atoms with Gasteiger partial charge in [-0.05, 0) is 164 Å². The zero-order valence-corrected chi connectivity index (χ0v) is 59.6. The first-order chi connectivity index (χ1) is 45.9. The quantitative estimate of drug-likeness (QED) is 0.0974. The van der Waals surface area contributed by atoms with Crippen LogP contribution in [0.1, 0.15) is 120 Å². The molecule has 0 bridgehead atoms. The molecule has 3 saturated heterocycles. The van der Waals surface area contributed by atoms with Gasteiger partial charge in [-0.1, -0.05) is 12.2 Å². The summed E-state index contributed by atoms with van der Waals surface area (Å²) in [6.45, 7) is 44.5. The van der Waals surface area contributed by atoms with Crippen LogP contribution in [0.15, 0.2) is 96.8 Å². The first-order valence-corrected chi connectivity index (χ1v) is 34.9. The fraction of sp³-hybridized carbons (Fsp3) is 0.514. The van der Waals surface area contributed by atoms with E-state index < -0.39 is 0 Å². The number of pyridine rings is 3. The second-order valence-corrected chi connectivity index (χ2v) is 30.0. The largest absolute Gasteiger partial charge is 0.368 e. The molecule has 3 N–H and O–H groups in total. The van der Waals surface area contributed by atoms with E-state index in [1.165, 1.54) is 11.4 Å². The molecule has 0 aliphatic carbocycles. The molecule has 23 nitrogen and oxygen atoms in total. The molecular weight excluding hydrogens is 1220 g/mol. The highest BCUT2D eigenvalue weighted by Gasteiger charge is 2.35. The Morgan fingerprint density at radius 1 is 0.448 bits per heavy atom. The van der Waals surface area contributed by atoms with Gasteiger partial charge in [0.2, 0.25) is 17.8 Å². The van der Waals surface area contributed by atoms with Crippen LogP contribution in [0.2, 0.25) is 0 Å². The number of aliphatic imine (C=N–C) groups is 1. The van der Waals surface area contributed by atoms with Crippen molar-refractivity contribution < 1.29 is 0 Å². The minimum Gasteiger partial charge on any atom is -0.368 e. The van der Waals surface area contributed by atoms with Crippen molar-refractivity contribution in [2.45, 2.75) is 144 Å². The van der Waals surface area contributed by atoms with E-state index in [1.54, 1.807) is 0 Å². The van der Waals surface area contributed by atoms with Gasteiger partial charge in [-0.2, -0.15) is 15.0 Å². The summed E-state index contributed by atoms with van der Waals surface area (Å²) in [7, 11) is 2.17. The third-order valence-electron chi connectivity index (χ3n) is 20.1. The number of aromatic nitrogens is 12. The molecule has 0 spiro atoms. The molecule has 96 heavy (non-hydrogen) atoms. The van der Waals surface area contributed by atoms with Gasteiger partial charge in [0.15, 0.2) is 0 Å². The van der Waals surface area contributed by atoms with Crippen LogP contribution in [-0.4, -0.2) is 206 Å². The summed E-state index contributed by atoms with van der Waals surface area (Å²) >= 11 is 5.63. The van der Waals surface area contributed by atoms with Crippen LogP contribution in [0.4, 0.5) is 52.4 Å². The molecular formula is C72H97N23S. The molecule has 506 valence electrons. The van der Waals surface area contributed by atoms with Gasteiger partial charge in [0.1, 0.15) is 34.4 Å². The topological polar surface area (TPSA) is 202 Å². The summed E-state index contributed by atoms with van der Waals surface area (Å²) in [5, 5.41) is 13.0. The predicted octanol–water partition coefficient (Wildman–Crippen LogP) is 11.3. The normalized spacial score (nSPS) is 19.0. The van der Waals surface area contributed by atoms with Crippen molar-refractivity contribution in [3.63, 3.8) is 0 Å². The van der Waals surface area contributed by atoms with Gasteiger partial charge < -0.3 is 44.4 Å². The van der Waals surface area contributed by atoms with Gasteiger partial charge in [-0.3, -0.25) is 24.6 Å². The number of hydrogen-bond acceptors (Lipinski definition) is 21. The first-order valence-electron chi connectivity index (χ1n) is 34.5. The van der Waals surface area contributed by atoms with Crippen molar-refractivity contribution in [3.05, 3.63) is 109 Å². The summed E-state index contributed by atoms with van der Waals surface area (Å²) in [6, 6.07) is 20.7. The molecule has 6 aliphatic heterocycles. The molecule has 24 heteroatoms. The Balaban J connectivity index is 0.000000130. The number of rotatable bonds is 12. The maximum atomic E-state index is 5.63. The van der Waals surface area contributed by atoms with Crippen molar-refractivity contribution in [3.8, 4) is 0 Å². The van der Waals surface area contributed by atoms with E-state index in [-0.39, 0.29) is 16.6 Å². The Hall–Kier alpha value is -8.29. The molecule has 15 rings (SSSR count). The van der Waals surface area contributed by atoms with Crippen molar-refractivity contribution in [2.24, 2.45) is 4.99 Å². The van der Waals surface area contributed by atoms with Crippen LogP contribution in [0.25, 0.3) is 33.1 Å². The minimum atomic E-state index is -0.123. The smallest absolute Gasteiger partial charge is 0.230 e. The van der Waals surface area contributed by atoms with Crippen LogP contribution in [0.5, 0.6) is 0 Å². The van der Waals surface area contributed by atoms with E-state index >= 15 is 0 Å². The number of piperazine rings is 3. The second-order valence-electron chi connectivity index (χ2n) is 29.5. The van der Waals surface area contributed by atoms with E-state index in [9.17, 15) is 0 Å². The standard InChI is InChI=1S/C24H34N8.C24H32N8.C24H31N7S/c1-17(2)30-8-10-31(11-9-30)19-6-7-21(25-14-19)27-23-26-13-18-12-20-15-29(5)16-24(3,4)32(20)22(18)28-23;1-16(2)30-8-10-31(11-9-30)19-6-7-21(25-14-19)28-23-26-13-18-12-20-17(3)27-15-24(4,5)32(20)22(18)29-23;1-16(2)29-9-11-30(12-10-29)18-5-6-21(25-15-18)27-23-26-14-17-13-19-20(32)7-8-24(3,4)31(19)22(17)28-23/h6-7,12-14,17H,8-11,15-16H2,1-5H3,(H,25,26,27,28);6-7,12-14,16H,8-11,15H2,1-5H3,(H,25,26,28,29);5-6,13-16H,7-12H2,1-4H3,(H,25,26,27,28). The Kier molecular flexibility index (Phi) is 18.6. The molecule has 15 heterocycles. The Morgan fingerprint density at radius 3 is 1.23 bits per heavy atom. The van der Waals surface area contributed by atoms with Crippen LogP contribution < -0.4 is 30.7 Å². The van der Waals surface area contributed by atoms with Gasteiger partial charge in [0, 0.05) is 161 Å². The zero-order chi connectivity index (χ0) is 67.4. The monoisotopic (exact) mass is 1320 g/mol. The van der Waals surface area contributed by atoms with Gasteiger partial charge in [0.05, 0.1) is 70.4 Å². The van der Waals surface area contributed by atoms with Crippen LogP contribution >= 0.6 is 12.2 Å². The van der Waals surface area contributed by atoms with E-state index in [0.29, 0.717) is 36.0 Å². The number of nitrogens with one attached hydrogen (secondary N) is 3. The van der Waals surface area contributed by atoms with E-state index in [0.717, 1.165) is 195 Å². The summed E-state index contributed by atoms with van der Waals surface area (Å²) in [5.74, 6) is 3.94. The van der Waals surface area contributed by atoms with Gasteiger partial charge in [-0.25, -0.2) is 29.9 Å².